The minimum absolute atomic E-state index is 0.109. The fourth-order valence-electron chi connectivity index (χ4n) is 2.60. The average molecular weight is 369 g/mol. The molecule has 3 rings (SSSR count). The quantitative estimate of drug-likeness (QED) is 0.650. The van der Waals surface area contributed by atoms with E-state index >= 15 is 0 Å². The minimum atomic E-state index is -0.667. The van der Waals surface area contributed by atoms with E-state index in [-0.39, 0.29) is 18.7 Å². The summed E-state index contributed by atoms with van der Waals surface area (Å²) in [6.45, 7) is 0. The molecule has 2 aromatic rings. The number of methoxy groups -OCH3 is 1. The number of ether oxygens (including phenoxy) is 2. The Bertz CT molecular complexity index is 851. The zero-order chi connectivity index (χ0) is 19.2. The minimum Gasteiger partial charge on any atom is -0.493 e. The van der Waals surface area contributed by atoms with E-state index in [2.05, 4.69) is 16.0 Å². The monoisotopic (exact) mass is 369 g/mol. The van der Waals surface area contributed by atoms with Crippen LogP contribution < -0.4 is 25.4 Å². The third-order valence-electron chi connectivity index (χ3n) is 3.95. The first kappa shape index (κ1) is 18.2. The van der Waals surface area contributed by atoms with Crippen molar-refractivity contribution in [3.05, 3.63) is 48.5 Å². The van der Waals surface area contributed by atoms with Gasteiger partial charge in [-0.2, -0.15) is 0 Å². The number of nitrogens with one attached hydrogen (secondary N) is 3. The van der Waals surface area contributed by atoms with Crippen LogP contribution in [0, 0.1) is 0 Å². The van der Waals surface area contributed by atoms with Gasteiger partial charge in [0.05, 0.1) is 7.11 Å². The van der Waals surface area contributed by atoms with Gasteiger partial charge in [0.25, 0.3) is 5.91 Å². The SMILES string of the molecule is COc1ccccc1Oc1ccc(NC(=O)CCC2NC(=O)NC2=O)cc1. The molecule has 0 aliphatic carbocycles. The van der Waals surface area contributed by atoms with Crippen LogP contribution in [0.3, 0.4) is 0 Å². The normalized spacial score (nSPS) is 15.7. The molecule has 0 bridgehead atoms. The van der Waals surface area contributed by atoms with E-state index in [0.717, 1.165) is 0 Å². The second-order valence-corrected chi connectivity index (χ2v) is 5.88. The number of anilines is 1. The number of carbonyl (C=O) groups excluding carboxylic acids is 3. The van der Waals surface area contributed by atoms with Crippen molar-refractivity contribution >= 4 is 23.5 Å². The Hall–Kier alpha value is -3.55. The third kappa shape index (κ3) is 4.75. The lowest BCUT2D eigenvalue weighted by molar-refractivity contribution is -0.120. The van der Waals surface area contributed by atoms with Crippen LogP contribution in [0.25, 0.3) is 0 Å². The number of hydrogen-bond acceptors (Lipinski definition) is 5. The van der Waals surface area contributed by atoms with Crippen molar-refractivity contribution < 1.29 is 23.9 Å². The summed E-state index contributed by atoms with van der Waals surface area (Å²) in [5.74, 6) is 1.16. The molecule has 1 unspecified atom stereocenters. The van der Waals surface area contributed by atoms with Gasteiger partial charge >= 0.3 is 6.03 Å². The molecule has 1 saturated heterocycles. The largest absolute Gasteiger partial charge is 0.493 e. The van der Waals surface area contributed by atoms with Gasteiger partial charge < -0.3 is 20.1 Å². The maximum atomic E-state index is 12.0. The van der Waals surface area contributed by atoms with Crippen molar-refractivity contribution in [1.29, 1.82) is 0 Å². The van der Waals surface area contributed by atoms with Crippen molar-refractivity contribution in [3.63, 3.8) is 0 Å². The zero-order valence-electron chi connectivity index (χ0n) is 14.7. The molecule has 0 radical (unpaired) electrons. The fraction of sp³-hybridized carbons (Fsp3) is 0.211. The van der Waals surface area contributed by atoms with Crippen LogP contribution in [0.2, 0.25) is 0 Å². The number of imide groups is 1. The summed E-state index contributed by atoms with van der Waals surface area (Å²) in [4.78, 5) is 34.5. The maximum Gasteiger partial charge on any atom is 0.322 e. The first-order chi connectivity index (χ1) is 13.0. The van der Waals surface area contributed by atoms with Crippen LogP contribution in [-0.2, 0) is 9.59 Å². The standard InChI is InChI=1S/C19H19N3O5/c1-26-15-4-2-3-5-16(15)27-13-8-6-12(7-9-13)20-17(23)11-10-14-18(24)22-19(25)21-14/h2-9,14H,10-11H2,1H3,(H,20,23)(H2,21,22,24,25). The van der Waals surface area contributed by atoms with Gasteiger partial charge in [-0.05, 0) is 42.8 Å². The van der Waals surface area contributed by atoms with Gasteiger partial charge in [0, 0.05) is 12.1 Å². The van der Waals surface area contributed by atoms with Crippen molar-refractivity contribution in [1.82, 2.24) is 10.6 Å². The molecule has 0 aromatic heterocycles. The summed E-state index contributed by atoms with van der Waals surface area (Å²) in [5.41, 5.74) is 0.604. The molecule has 27 heavy (non-hydrogen) atoms. The predicted molar refractivity (Wildman–Crippen MR) is 97.8 cm³/mol. The maximum absolute atomic E-state index is 12.0. The summed E-state index contributed by atoms with van der Waals surface area (Å²) < 4.78 is 11.0. The zero-order valence-corrected chi connectivity index (χ0v) is 14.7. The first-order valence-corrected chi connectivity index (χ1v) is 8.37. The van der Waals surface area contributed by atoms with Crippen molar-refractivity contribution in [3.8, 4) is 17.2 Å². The molecule has 8 heteroatoms. The molecule has 140 valence electrons. The van der Waals surface area contributed by atoms with Crippen molar-refractivity contribution in [2.45, 2.75) is 18.9 Å². The number of benzene rings is 2. The van der Waals surface area contributed by atoms with E-state index < -0.39 is 18.0 Å². The van der Waals surface area contributed by atoms with Gasteiger partial charge in [-0.25, -0.2) is 4.79 Å². The Kier molecular flexibility index (Phi) is 5.55. The number of para-hydroxylation sites is 2. The molecule has 2 aromatic carbocycles. The molecule has 8 nitrogen and oxygen atoms in total. The van der Waals surface area contributed by atoms with Gasteiger partial charge in [-0.3, -0.25) is 14.9 Å². The van der Waals surface area contributed by atoms with Gasteiger partial charge in [0.1, 0.15) is 11.8 Å². The molecule has 0 spiro atoms. The van der Waals surface area contributed by atoms with Crippen molar-refractivity contribution in [2.75, 3.05) is 12.4 Å². The highest BCUT2D eigenvalue weighted by Gasteiger charge is 2.29. The molecular weight excluding hydrogens is 350 g/mol. The van der Waals surface area contributed by atoms with E-state index in [9.17, 15) is 14.4 Å². The molecule has 1 fully saturated rings. The molecular formula is C19H19N3O5. The van der Waals surface area contributed by atoms with Gasteiger partial charge in [0.2, 0.25) is 5.91 Å². The summed E-state index contributed by atoms with van der Waals surface area (Å²) >= 11 is 0. The summed E-state index contributed by atoms with van der Waals surface area (Å²) in [6.07, 6.45) is 0.343. The highest BCUT2D eigenvalue weighted by molar-refractivity contribution is 6.04. The second-order valence-electron chi connectivity index (χ2n) is 5.88. The van der Waals surface area contributed by atoms with E-state index in [0.29, 0.717) is 22.9 Å². The number of hydrogen-bond donors (Lipinski definition) is 3. The number of carbonyl (C=O) groups is 3. The molecule has 1 heterocycles. The number of amides is 4. The number of rotatable bonds is 7. The molecule has 1 aliphatic rings. The van der Waals surface area contributed by atoms with Crippen LogP contribution in [0.4, 0.5) is 10.5 Å². The van der Waals surface area contributed by atoms with Crippen LogP contribution in [0.5, 0.6) is 17.2 Å². The van der Waals surface area contributed by atoms with E-state index in [1.165, 1.54) is 0 Å². The van der Waals surface area contributed by atoms with Crippen LogP contribution in [0.15, 0.2) is 48.5 Å². The van der Waals surface area contributed by atoms with E-state index in [1.54, 1.807) is 43.5 Å². The van der Waals surface area contributed by atoms with E-state index in [1.807, 2.05) is 12.1 Å². The molecule has 3 N–H and O–H groups in total. The third-order valence-corrected chi connectivity index (χ3v) is 3.95. The summed E-state index contributed by atoms with van der Waals surface area (Å²) in [6, 6.07) is 13.0. The van der Waals surface area contributed by atoms with Gasteiger partial charge in [0.15, 0.2) is 11.5 Å². The summed E-state index contributed by atoms with van der Waals surface area (Å²) in [7, 11) is 1.57. The van der Waals surface area contributed by atoms with Crippen LogP contribution in [0.1, 0.15) is 12.8 Å². The fourth-order valence-corrected chi connectivity index (χ4v) is 2.60. The molecule has 1 aliphatic heterocycles. The van der Waals surface area contributed by atoms with Crippen LogP contribution in [-0.4, -0.2) is 31.0 Å². The first-order valence-electron chi connectivity index (χ1n) is 8.37. The molecule has 4 amide bonds. The highest BCUT2D eigenvalue weighted by Crippen LogP contribution is 2.31. The van der Waals surface area contributed by atoms with Gasteiger partial charge in [-0.15, -0.1) is 0 Å². The smallest absolute Gasteiger partial charge is 0.322 e. The predicted octanol–water partition coefficient (Wildman–Crippen LogP) is 2.41. The Labute approximate surface area is 155 Å². The van der Waals surface area contributed by atoms with Crippen LogP contribution >= 0.6 is 0 Å². The Morgan fingerprint density at radius 2 is 1.78 bits per heavy atom. The lowest BCUT2D eigenvalue weighted by Crippen LogP contribution is -2.30. The Balaban J connectivity index is 1.52. The lowest BCUT2D eigenvalue weighted by atomic mass is 10.1. The van der Waals surface area contributed by atoms with Crippen molar-refractivity contribution in [2.24, 2.45) is 0 Å². The molecule has 0 saturated carbocycles. The Morgan fingerprint density at radius 1 is 1.07 bits per heavy atom. The second kappa shape index (κ2) is 8.22. The summed E-state index contributed by atoms with van der Waals surface area (Å²) in [5, 5.41) is 7.33. The topological polar surface area (TPSA) is 106 Å². The number of urea groups is 1. The lowest BCUT2D eigenvalue weighted by Gasteiger charge is -2.11. The van der Waals surface area contributed by atoms with Gasteiger partial charge in [-0.1, -0.05) is 12.1 Å². The Morgan fingerprint density at radius 3 is 2.41 bits per heavy atom. The highest BCUT2D eigenvalue weighted by atomic mass is 16.5. The molecule has 1 atom stereocenters. The average Bonchev–Trinajstić information content (AvgIpc) is 2.99. The van der Waals surface area contributed by atoms with E-state index in [4.69, 9.17) is 9.47 Å².